The first-order valence-electron chi connectivity index (χ1n) is 11.4. The second-order valence-corrected chi connectivity index (χ2v) is 8.56. The lowest BCUT2D eigenvalue weighted by Crippen LogP contribution is -2.34. The topological polar surface area (TPSA) is 21.1 Å². The SMILES string of the molecule is CCC.Cc1ccc2nc(CCCN3CCC(c4cccc(F)c4)CC3)n(C)c2c1. The van der Waals surface area contributed by atoms with Crippen molar-refractivity contribution in [2.75, 3.05) is 19.6 Å². The molecular weight excluding hydrogens is 373 g/mol. The summed E-state index contributed by atoms with van der Waals surface area (Å²) >= 11 is 0. The monoisotopic (exact) mass is 409 g/mol. The Labute approximate surface area is 180 Å². The predicted octanol–water partition coefficient (Wildman–Crippen LogP) is 6.25. The van der Waals surface area contributed by atoms with Gasteiger partial charge in [0, 0.05) is 13.5 Å². The van der Waals surface area contributed by atoms with Crippen LogP contribution in [-0.2, 0) is 13.5 Å². The molecular formula is C26H36FN3. The molecule has 0 N–H and O–H groups in total. The third-order valence-electron chi connectivity index (χ3n) is 5.91. The third kappa shape index (κ3) is 5.69. The first kappa shape index (κ1) is 22.5. The molecule has 1 aliphatic heterocycles. The lowest BCUT2D eigenvalue weighted by molar-refractivity contribution is 0.209. The molecule has 0 atom stereocenters. The molecule has 0 bridgehead atoms. The zero-order valence-corrected chi connectivity index (χ0v) is 19.0. The van der Waals surface area contributed by atoms with Gasteiger partial charge in [-0.3, -0.25) is 0 Å². The smallest absolute Gasteiger partial charge is 0.123 e. The number of fused-ring (bicyclic) bond motifs is 1. The van der Waals surface area contributed by atoms with Crippen LogP contribution in [-0.4, -0.2) is 34.1 Å². The first-order chi connectivity index (χ1) is 14.5. The second-order valence-electron chi connectivity index (χ2n) is 8.56. The molecule has 0 aliphatic carbocycles. The van der Waals surface area contributed by atoms with Gasteiger partial charge >= 0.3 is 0 Å². The van der Waals surface area contributed by atoms with Crippen molar-refractivity contribution in [1.82, 2.24) is 14.5 Å². The van der Waals surface area contributed by atoms with Crippen LogP contribution in [0.15, 0.2) is 42.5 Å². The lowest BCUT2D eigenvalue weighted by atomic mass is 9.89. The van der Waals surface area contributed by atoms with Gasteiger partial charge in [0.05, 0.1) is 11.0 Å². The fraction of sp³-hybridized carbons (Fsp3) is 0.500. The standard InChI is InChI=1S/C23H28FN3.C3H8/c1-17-8-9-21-22(15-17)26(2)23(25-21)7-4-12-27-13-10-18(11-14-27)19-5-3-6-20(24)16-19;1-3-2/h3,5-6,8-9,15-16,18H,4,7,10-14H2,1-2H3;3H2,1-2H3. The number of hydrogen-bond donors (Lipinski definition) is 0. The first-order valence-corrected chi connectivity index (χ1v) is 11.4. The Hall–Kier alpha value is -2.20. The summed E-state index contributed by atoms with van der Waals surface area (Å²) < 4.78 is 15.7. The van der Waals surface area contributed by atoms with E-state index in [1.54, 1.807) is 6.07 Å². The summed E-state index contributed by atoms with van der Waals surface area (Å²) in [5.74, 6) is 1.55. The molecule has 3 nitrogen and oxygen atoms in total. The second kappa shape index (κ2) is 10.7. The average Bonchev–Trinajstić information content (AvgIpc) is 3.04. The van der Waals surface area contributed by atoms with Gasteiger partial charge in [0.15, 0.2) is 0 Å². The van der Waals surface area contributed by atoms with Crippen molar-refractivity contribution in [2.45, 2.75) is 58.8 Å². The highest BCUT2D eigenvalue weighted by molar-refractivity contribution is 5.76. The van der Waals surface area contributed by atoms with Crippen LogP contribution in [0.2, 0.25) is 0 Å². The van der Waals surface area contributed by atoms with Gasteiger partial charge in [-0.1, -0.05) is 38.5 Å². The van der Waals surface area contributed by atoms with Crippen molar-refractivity contribution in [2.24, 2.45) is 7.05 Å². The Morgan fingerprint density at radius 2 is 1.80 bits per heavy atom. The maximum atomic E-state index is 13.4. The van der Waals surface area contributed by atoms with Crippen molar-refractivity contribution < 1.29 is 4.39 Å². The summed E-state index contributed by atoms with van der Waals surface area (Å²) in [5, 5.41) is 0. The molecule has 1 saturated heterocycles. The average molecular weight is 410 g/mol. The minimum absolute atomic E-state index is 0.118. The van der Waals surface area contributed by atoms with E-state index in [1.165, 1.54) is 29.4 Å². The van der Waals surface area contributed by atoms with Crippen molar-refractivity contribution in [3.8, 4) is 0 Å². The highest BCUT2D eigenvalue weighted by Gasteiger charge is 2.20. The number of aryl methyl sites for hydroxylation is 3. The van der Waals surface area contributed by atoms with Crippen molar-refractivity contribution in [1.29, 1.82) is 0 Å². The molecule has 1 fully saturated rings. The number of halogens is 1. The van der Waals surface area contributed by atoms with Crippen LogP contribution >= 0.6 is 0 Å². The zero-order valence-electron chi connectivity index (χ0n) is 19.0. The predicted molar refractivity (Wildman–Crippen MR) is 125 cm³/mol. The van der Waals surface area contributed by atoms with Gasteiger partial charge in [-0.15, -0.1) is 0 Å². The van der Waals surface area contributed by atoms with Gasteiger partial charge in [0.25, 0.3) is 0 Å². The van der Waals surface area contributed by atoms with E-state index in [4.69, 9.17) is 4.98 Å². The molecule has 162 valence electrons. The van der Waals surface area contributed by atoms with Gasteiger partial charge in [-0.05, 0) is 87.1 Å². The molecule has 2 aromatic carbocycles. The molecule has 4 rings (SSSR count). The highest BCUT2D eigenvalue weighted by atomic mass is 19.1. The van der Waals surface area contributed by atoms with E-state index in [2.05, 4.69) is 61.6 Å². The number of nitrogens with zero attached hydrogens (tertiary/aromatic N) is 3. The molecule has 0 amide bonds. The largest absolute Gasteiger partial charge is 0.331 e. The van der Waals surface area contributed by atoms with Crippen LogP contribution in [0.3, 0.4) is 0 Å². The minimum atomic E-state index is -0.118. The molecule has 0 unspecified atom stereocenters. The number of rotatable bonds is 5. The van der Waals surface area contributed by atoms with Crippen LogP contribution in [0, 0.1) is 12.7 Å². The van der Waals surface area contributed by atoms with Gasteiger partial charge in [-0.2, -0.15) is 0 Å². The number of imidazole rings is 1. The summed E-state index contributed by atoms with van der Waals surface area (Å²) in [6.45, 7) is 9.68. The molecule has 0 saturated carbocycles. The van der Waals surface area contributed by atoms with Crippen LogP contribution in [0.4, 0.5) is 4.39 Å². The summed E-state index contributed by atoms with van der Waals surface area (Å²) in [6, 6.07) is 13.6. The maximum Gasteiger partial charge on any atom is 0.123 e. The van der Waals surface area contributed by atoms with Crippen LogP contribution in [0.5, 0.6) is 0 Å². The van der Waals surface area contributed by atoms with E-state index in [9.17, 15) is 4.39 Å². The van der Waals surface area contributed by atoms with E-state index in [0.29, 0.717) is 5.92 Å². The molecule has 3 aromatic rings. The van der Waals surface area contributed by atoms with E-state index >= 15 is 0 Å². The minimum Gasteiger partial charge on any atom is -0.331 e. The van der Waals surface area contributed by atoms with Gasteiger partial charge in [0.1, 0.15) is 11.6 Å². The molecule has 30 heavy (non-hydrogen) atoms. The van der Waals surface area contributed by atoms with Gasteiger partial charge < -0.3 is 9.47 Å². The van der Waals surface area contributed by atoms with E-state index in [1.807, 2.05) is 6.07 Å². The Morgan fingerprint density at radius 3 is 2.50 bits per heavy atom. The zero-order chi connectivity index (χ0) is 21.5. The summed E-state index contributed by atoms with van der Waals surface area (Å²) in [4.78, 5) is 7.35. The van der Waals surface area contributed by atoms with E-state index in [0.717, 1.165) is 56.4 Å². The number of benzene rings is 2. The normalized spacial score (nSPS) is 15.2. The third-order valence-corrected chi connectivity index (χ3v) is 5.91. The number of aromatic nitrogens is 2. The Morgan fingerprint density at radius 1 is 1.07 bits per heavy atom. The molecule has 4 heteroatoms. The summed E-state index contributed by atoms with van der Waals surface area (Å²) in [6.07, 6.45) is 5.62. The van der Waals surface area contributed by atoms with Crippen molar-refractivity contribution >= 4 is 11.0 Å². The summed E-state index contributed by atoms with van der Waals surface area (Å²) in [7, 11) is 2.12. The van der Waals surface area contributed by atoms with Crippen LogP contribution in [0.1, 0.15) is 62.4 Å². The summed E-state index contributed by atoms with van der Waals surface area (Å²) in [5.41, 5.74) is 4.75. The highest BCUT2D eigenvalue weighted by Crippen LogP contribution is 2.28. The number of hydrogen-bond acceptors (Lipinski definition) is 2. The molecule has 2 heterocycles. The Bertz CT molecular complexity index is 939. The number of piperidine rings is 1. The van der Waals surface area contributed by atoms with Gasteiger partial charge in [-0.25, -0.2) is 9.37 Å². The van der Waals surface area contributed by atoms with Crippen molar-refractivity contribution in [3.63, 3.8) is 0 Å². The molecule has 0 radical (unpaired) electrons. The van der Waals surface area contributed by atoms with Crippen LogP contribution < -0.4 is 0 Å². The quantitative estimate of drug-likeness (QED) is 0.497. The Balaban J connectivity index is 0.000000806. The fourth-order valence-electron chi connectivity index (χ4n) is 4.28. The lowest BCUT2D eigenvalue weighted by Gasteiger charge is -2.32. The van der Waals surface area contributed by atoms with Gasteiger partial charge in [0.2, 0.25) is 0 Å². The molecule has 1 aromatic heterocycles. The maximum absolute atomic E-state index is 13.4. The molecule has 0 spiro atoms. The number of likely N-dealkylation sites (tertiary alicyclic amines) is 1. The van der Waals surface area contributed by atoms with E-state index in [-0.39, 0.29) is 5.82 Å². The molecule has 1 aliphatic rings. The van der Waals surface area contributed by atoms with Crippen molar-refractivity contribution in [3.05, 3.63) is 65.2 Å². The van der Waals surface area contributed by atoms with E-state index < -0.39 is 0 Å². The Kier molecular flexibility index (Phi) is 8.03. The van der Waals surface area contributed by atoms with Crippen LogP contribution in [0.25, 0.3) is 11.0 Å². The fourth-order valence-corrected chi connectivity index (χ4v) is 4.28.